The first kappa shape index (κ1) is 14.3. The average molecular weight is 249 g/mol. The molecule has 0 amide bonds. The zero-order valence-electron chi connectivity index (χ0n) is 6.69. The molecule has 10 heteroatoms. The summed E-state index contributed by atoms with van der Waals surface area (Å²) in [6.07, 6.45) is 0. The van der Waals surface area contributed by atoms with Crippen LogP contribution in [0.1, 0.15) is 0 Å². The van der Waals surface area contributed by atoms with E-state index in [9.17, 15) is 39.5 Å². The standard InChI is InChI=1S/C5H4F9N/c6-1-2(7,8)3(9,10)4(11,12)5(13,14)15/h1,15H2. The smallest absolute Gasteiger partial charge is 0.267 e. The van der Waals surface area contributed by atoms with Crippen LogP contribution in [0.5, 0.6) is 0 Å². The van der Waals surface area contributed by atoms with Crippen LogP contribution < -0.4 is 5.73 Å². The van der Waals surface area contributed by atoms with E-state index in [1.807, 2.05) is 0 Å². The third-order valence-electron chi connectivity index (χ3n) is 1.44. The lowest BCUT2D eigenvalue weighted by Gasteiger charge is -2.33. The van der Waals surface area contributed by atoms with Crippen molar-refractivity contribution in [3.63, 3.8) is 0 Å². The summed E-state index contributed by atoms with van der Waals surface area (Å²) in [5.74, 6) is -19.1. The number of hydrogen-bond acceptors (Lipinski definition) is 1. The highest BCUT2D eigenvalue weighted by Gasteiger charge is 2.79. The maximum Gasteiger partial charge on any atom is 0.392 e. The van der Waals surface area contributed by atoms with Gasteiger partial charge < -0.3 is 0 Å². The fraction of sp³-hybridized carbons (Fsp3) is 1.00. The van der Waals surface area contributed by atoms with Crippen molar-refractivity contribution in [1.29, 1.82) is 0 Å². The predicted molar refractivity (Wildman–Crippen MR) is 30.0 cm³/mol. The zero-order chi connectivity index (χ0) is 12.7. The maximum absolute atomic E-state index is 12.2. The Labute approximate surface area is 77.0 Å². The van der Waals surface area contributed by atoms with Gasteiger partial charge in [-0.2, -0.15) is 35.1 Å². The van der Waals surface area contributed by atoms with E-state index >= 15 is 0 Å². The lowest BCUT2D eigenvalue weighted by atomic mass is 10.0. The summed E-state index contributed by atoms with van der Waals surface area (Å²) in [5, 5.41) is 0. The van der Waals surface area contributed by atoms with E-state index in [0.717, 1.165) is 0 Å². The first-order valence-electron chi connectivity index (χ1n) is 3.17. The molecule has 0 aliphatic carbocycles. The number of rotatable bonds is 4. The molecule has 2 N–H and O–H groups in total. The molecule has 0 rings (SSSR count). The van der Waals surface area contributed by atoms with Crippen LogP contribution in [-0.2, 0) is 0 Å². The fourth-order valence-electron chi connectivity index (χ4n) is 0.523. The second-order valence-electron chi connectivity index (χ2n) is 2.61. The predicted octanol–water partition coefficient (Wildman–Crippen LogP) is 2.41. The van der Waals surface area contributed by atoms with Gasteiger partial charge >= 0.3 is 23.8 Å². The van der Waals surface area contributed by atoms with Gasteiger partial charge in [-0.1, -0.05) is 0 Å². The molecule has 0 bridgehead atoms. The molecule has 0 fully saturated rings. The average Bonchev–Trinajstić information content (AvgIpc) is 2.01. The minimum atomic E-state index is -6.59. The Balaban J connectivity index is 5.38. The SMILES string of the molecule is NC(F)(F)C(F)(F)C(F)(F)C(F)(F)CF. The van der Waals surface area contributed by atoms with Crippen LogP contribution in [0.25, 0.3) is 0 Å². The third-order valence-corrected chi connectivity index (χ3v) is 1.44. The van der Waals surface area contributed by atoms with Crippen molar-refractivity contribution < 1.29 is 39.5 Å². The number of alkyl halides is 9. The molecule has 0 aromatic rings. The Bertz CT molecular complexity index is 229. The second-order valence-corrected chi connectivity index (χ2v) is 2.61. The Hall–Kier alpha value is -0.670. The largest absolute Gasteiger partial charge is 0.392 e. The van der Waals surface area contributed by atoms with Gasteiger partial charge in [0.2, 0.25) is 0 Å². The van der Waals surface area contributed by atoms with Crippen LogP contribution in [0.2, 0.25) is 0 Å². The van der Waals surface area contributed by atoms with E-state index in [1.165, 1.54) is 0 Å². The van der Waals surface area contributed by atoms with Crippen LogP contribution in [0, 0.1) is 0 Å². The lowest BCUT2D eigenvalue weighted by Crippen LogP contribution is -2.65. The van der Waals surface area contributed by atoms with Crippen molar-refractivity contribution in [2.75, 3.05) is 6.67 Å². The summed E-state index contributed by atoms with van der Waals surface area (Å²) in [4.78, 5) is 0. The van der Waals surface area contributed by atoms with Crippen molar-refractivity contribution in [3.05, 3.63) is 0 Å². The van der Waals surface area contributed by atoms with Crippen molar-refractivity contribution in [1.82, 2.24) is 0 Å². The highest BCUT2D eigenvalue weighted by molar-refractivity contribution is 5.01. The second kappa shape index (κ2) is 3.42. The van der Waals surface area contributed by atoms with Crippen molar-refractivity contribution in [2.45, 2.75) is 23.8 Å². The normalized spacial score (nSPS) is 15.6. The molecule has 0 saturated carbocycles. The molecule has 0 spiro atoms. The van der Waals surface area contributed by atoms with Crippen LogP contribution in [-0.4, -0.2) is 30.5 Å². The third kappa shape index (κ3) is 1.99. The molecule has 0 unspecified atom stereocenters. The number of hydrogen-bond donors (Lipinski definition) is 1. The summed E-state index contributed by atoms with van der Waals surface area (Å²) >= 11 is 0. The molecule has 0 aromatic heterocycles. The maximum atomic E-state index is 12.2. The van der Waals surface area contributed by atoms with Crippen molar-refractivity contribution >= 4 is 0 Å². The molecular weight excluding hydrogens is 245 g/mol. The van der Waals surface area contributed by atoms with E-state index < -0.39 is 30.5 Å². The van der Waals surface area contributed by atoms with Gasteiger partial charge in [-0.15, -0.1) is 0 Å². The van der Waals surface area contributed by atoms with Gasteiger partial charge in [0.05, 0.1) is 0 Å². The Morgan fingerprint density at radius 2 is 1.07 bits per heavy atom. The summed E-state index contributed by atoms with van der Waals surface area (Å²) in [7, 11) is 0. The molecule has 15 heavy (non-hydrogen) atoms. The fourth-order valence-corrected chi connectivity index (χ4v) is 0.523. The van der Waals surface area contributed by atoms with E-state index in [1.54, 1.807) is 0 Å². The van der Waals surface area contributed by atoms with Crippen LogP contribution in [0.15, 0.2) is 0 Å². The molecule has 0 atom stereocenters. The Morgan fingerprint density at radius 3 is 1.27 bits per heavy atom. The van der Waals surface area contributed by atoms with Gasteiger partial charge in [0.15, 0.2) is 6.67 Å². The van der Waals surface area contributed by atoms with Crippen molar-refractivity contribution in [2.24, 2.45) is 5.73 Å². The molecule has 0 heterocycles. The monoisotopic (exact) mass is 249 g/mol. The molecule has 1 nitrogen and oxygen atoms in total. The van der Waals surface area contributed by atoms with Crippen molar-refractivity contribution in [3.8, 4) is 0 Å². The molecule has 92 valence electrons. The highest BCUT2D eigenvalue weighted by atomic mass is 19.4. The first-order chi connectivity index (χ1) is 6.31. The summed E-state index contributed by atoms with van der Waals surface area (Å²) in [6, 6.07) is -5.89. The Morgan fingerprint density at radius 1 is 0.733 bits per heavy atom. The van der Waals surface area contributed by atoms with Crippen LogP contribution in [0.4, 0.5) is 39.5 Å². The minimum Gasteiger partial charge on any atom is -0.267 e. The van der Waals surface area contributed by atoms with E-state index in [0.29, 0.717) is 0 Å². The van der Waals surface area contributed by atoms with E-state index in [4.69, 9.17) is 0 Å². The number of halogens is 9. The van der Waals surface area contributed by atoms with Gasteiger partial charge in [-0.3, -0.25) is 5.73 Å². The molecular formula is C5H4F9N. The molecule has 0 aliphatic rings. The number of nitrogens with two attached hydrogens (primary N) is 1. The van der Waals surface area contributed by atoms with E-state index in [-0.39, 0.29) is 0 Å². The van der Waals surface area contributed by atoms with E-state index in [2.05, 4.69) is 5.73 Å². The molecule has 0 aliphatic heterocycles. The van der Waals surface area contributed by atoms with Crippen LogP contribution in [0.3, 0.4) is 0 Å². The highest BCUT2D eigenvalue weighted by Crippen LogP contribution is 2.50. The van der Waals surface area contributed by atoms with Crippen LogP contribution >= 0.6 is 0 Å². The molecule has 0 saturated heterocycles. The summed E-state index contributed by atoms with van der Waals surface area (Å²) in [5.41, 5.74) is 3.33. The first-order valence-corrected chi connectivity index (χ1v) is 3.17. The topological polar surface area (TPSA) is 26.0 Å². The van der Waals surface area contributed by atoms with Gasteiger partial charge in [0, 0.05) is 0 Å². The molecule has 0 radical (unpaired) electrons. The summed E-state index contributed by atoms with van der Waals surface area (Å²) < 4.78 is 107. The molecule has 0 aromatic carbocycles. The zero-order valence-corrected chi connectivity index (χ0v) is 6.69. The van der Waals surface area contributed by atoms with Gasteiger partial charge in [-0.25, -0.2) is 4.39 Å². The Kier molecular flexibility index (Phi) is 3.27. The lowest BCUT2D eigenvalue weighted by molar-refractivity contribution is -0.366. The van der Waals surface area contributed by atoms with Gasteiger partial charge in [-0.05, 0) is 0 Å². The van der Waals surface area contributed by atoms with Gasteiger partial charge in [0.25, 0.3) is 0 Å². The quantitative estimate of drug-likeness (QED) is 0.601. The summed E-state index contributed by atoms with van der Waals surface area (Å²) in [6.45, 7) is -3.22. The minimum absolute atomic E-state index is 3.22. The van der Waals surface area contributed by atoms with Gasteiger partial charge in [0.1, 0.15) is 0 Å².